The molecule has 0 radical (unpaired) electrons. The zero-order valence-electron chi connectivity index (χ0n) is 28.2. The Morgan fingerprint density at radius 3 is 2.84 bits per heavy atom. The molecule has 258 valence electrons. The predicted molar refractivity (Wildman–Crippen MR) is 193 cm³/mol. The van der Waals surface area contributed by atoms with Crippen LogP contribution in [0.4, 0.5) is 10.1 Å². The number of hydrogen-bond donors (Lipinski definition) is 2. The van der Waals surface area contributed by atoms with Crippen molar-refractivity contribution in [1.82, 2.24) is 29.6 Å². The molecule has 2 aliphatic heterocycles. The summed E-state index contributed by atoms with van der Waals surface area (Å²) >= 11 is 1.11. The molecule has 1 atom stereocenters. The summed E-state index contributed by atoms with van der Waals surface area (Å²) in [4.78, 5) is 26.1. The molecule has 2 N–H and O–H groups in total. The highest BCUT2D eigenvalue weighted by Crippen LogP contribution is 2.30. The molecule has 8 rings (SSSR count). The molecule has 1 fully saturated rings. The number of halogens is 1. The van der Waals surface area contributed by atoms with E-state index in [2.05, 4.69) is 31.1 Å². The van der Waals surface area contributed by atoms with Gasteiger partial charge in [-0.05, 0) is 74.7 Å². The van der Waals surface area contributed by atoms with Crippen LogP contribution in [0, 0.1) is 31.0 Å². The number of ether oxygens (including phenoxy) is 2. The van der Waals surface area contributed by atoms with E-state index in [9.17, 15) is 14.4 Å². The van der Waals surface area contributed by atoms with Crippen molar-refractivity contribution in [2.75, 3.05) is 25.0 Å². The molecule has 0 aliphatic carbocycles. The van der Waals surface area contributed by atoms with Crippen LogP contribution in [-0.4, -0.2) is 61.3 Å². The molecule has 1 saturated heterocycles. The molecule has 2 aromatic carbocycles. The molecule has 1 amide bonds. The normalized spacial score (nSPS) is 16.2. The van der Waals surface area contributed by atoms with Crippen molar-refractivity contribution in [3.05, 3.63) is 105 Å². The Labute approximate surface area is 297 Å². The highest BCUT2D eigenvalue weighted by molar-refractivity contribution is 7.12. The molecule has 51 heavy (non-hydrogen) atoms. The van der Waals surface area contributed by atoms with Crippen molar-refractivity contribution in [3.8, 4) is 11.9 Å². The third-order valence-electron chi connectivity index (χ3n) is 9.58. The monoisotopic (exact) mass is 702 g/mol. The van der Waals surface area contributed by atoms with Crippen LogP contribution >= 0.6 is 11.3 Å². The van der Waals surface area contributed by atoms with E-state index >= 15 is 0 Å². The number of rotatable bonds is 10. The van der Waals surface area contributed by atoms with E-state index in [1.54, 1.807) is 19.1 Å². The summed E-state index contributed by atoms with van der Waals surface area (Å²) in [6.45, 7) is 7.24. The van der Waals surface area contributed by atoms with E-state index in [1.165, 1.54) is 0 Å². The Balaban J connectivity index is 0.960. The van der Waals surface area contributed by atoms with Crippen molar-refractivity contribution < 1.29 is 18.7 Å². The first-order chi connectivity index (χ1) is 24.8. The first kappa shape index (κ1) is 32.8. The molecule has 0 spiro atoms. The number of anilines is 1. The SMILES string of the molecule is Cc1c(C#N)sc(COc2cccc(C3=CCN(Cc4nc5cc(NC(=O)c6ccc7[nH]nc(C)c7c6)ccc5n4C[C@@H]4CCO4)CC3)n2)c1F. The Hall–Kier alpha value is -5.42. The molecule has 0 bridgehead atoms. The Kier molecular flexibility index (Phi) is 8.81. The van der Waals surface area contributed by atoms with Gasteiger partial charge in [0.05, 0.1) is 52.0 Å². The van der Waals surface area contributed by atoms with E-state index < -0.39 is 5.82 Å². The van der Waals surface area contributed by atoms with Crippen molar-refractivity contribution in [2.24, 2.45) is 0 Å². The van der Waals surface area contributed by atoms with Crippen molar-refractivity contribution >= 4 is 50.4 Å². The fraction of sp³-hybridized carbons (Fsp3) is 0.289. The predicted octanol–water partition coefficient (Wildman–Crippen LogP) is 6.91. The number of aromatic amines is 1. The first-order valence-electron chi connectivity index (χ1n) is 16.9. The summed E-state index contributed by atoms with van der Waals surface area (Å²) in [5.41, 5.74) is 7.12. The van der Waals surface area contributed by atoms with Gasteiger partial charge in [-0.15, -0.1) is 11.3 Å². The maximum atomic E-state index is 14.5. The lowest BCUT2D eigenvalue weighted by Crippen LogP contribution is -2.33. The van der Waals surface area contributed by atoms with Gasteiger partial charge in [0.1, 0.15) is 29.2 Å². The highest BCUT2D eigenvalue weighted by atomic mass is 32.1. The number of amides is 1. The van der Waals surface area contributed by atoms with Crippen LogP contribution in [0.3, 0.4) is 0 Å². The summed E-state index contributed by atoms with van der Waals surface area (Å²) in [6.07, 6.45) is 4.16. The highest BCUT2D eigenvalue weighted by Gasteiger charge is 2.24. The molecule has 11 nitrogen and oxygen atoms in total. The Morgan fingerprint density at radius 2 is 2.08 bits per heavy atom. The van der Waals surface area contributed by atoms with Gasteiger partial charge in [0.25, 0.3) is 5.91 Å². The third-order valence-corrected chi connectivity index (χ3v) is 10.7. The number of fused-ring (bicyclic) bond motifs is 2. The smallest absolute Gasteiger partial charge is 0.255 e. The van der Waals surface area contributed by atoms with Gasteiger partial charge in [-0.3, -0.25) is 14.8 Å². The van der Waals surface area contributed by atoms with E-state index in [4.69, 9.17) is 19.4 Å². The van der Waals surface area contributed by atoms with Gasteiger partial charge in [0, 0.05) is 48.0 Å². The van der Waals surface area contributed by atoms with Gasteiger partial charge in [-0.25, -0.2) is 14.4 Å². The van der Waals surface area contributed by atoms with Gasteiger partial charge in [0.15, 0.2) is 0 Å². The molecule has 6 aromatic rings. The summed E-state index contributed by atoms with van der Waals surface area (Å²) in [7, 11) is 0. The number of aryl methyl sites for hydroxylation is 1. The van der Waals surface area contributed by atoms with Gasteiger partial charge in [-0.1, -0.05) is 12.1 Å². The number of thiophene rings is 1. The van der Waals surface area contributed by atoms with Crippen LogP contribution < -0.4 is 10.1 Å². The summed E-state index contributed by atoms with van der Waals surface area (Å²) < 4.78 is 28.4. The Morgan fingerprint density at radius 1 is 1.20 bits per heavy atom. The number of carbonyl (C=O) groups is 1. The Bertz CT molecular complexity index is 2370. The third kappa shape index (κ3) is 6.61. The number of benzene rings is 2. The standard InChI is InChI=1S/C38H35FN8O3S/c1-22-33(18-40)51-34(37(22)39)21-50-36-5-3-4-29(43-36)24-10-13-46(14-11-24)20-35-42-31-17-26(7-9-32(31)47(35)19-27-12-15-49-27)41-38(48)25-6-8-30-28(16-25)23(2)44-45-30/h3-10,16-17,27H,11-15,19-21H2,1-2H3,(H,41,48)(H,44,45)/t27-/m0/s1. The molecule has 0 unspecified atom stereocenters. The lowest BCUT2D eigenvalue weighted by atomic mass is 10.0. The van der Waals surface area contributed by atoms with Crippen LogP contribution in [0.15, 0.2) is 60.7 Å². The maximum absolute atomic E-state index is 14.5. The molecular weight excluding hydrogens is 668 g/mol. The second-order valence-electron chi connectivity index (χ2n) is 12.9. The topological polar surface area (TPSA) is 134 Å². The molecule has 2 aliphatic rings. The fourth-order valence-electron chi connectivity index (χ4n) is 6.56. The minimum Gasteiger partial charge on any atom is -0.472 e. The largest absolute Gasteiger partial charge is 0.472 e. The van der Waals surface area contributed by atoms with E-state index in [-0.39, 0.29) is 18.6 Å². The van der Waals surface area contributed by atoms with Gasteiger partial charge < -0.3 is 19.4 Å². The van der Waals surface area contributed by atoms with Crippen molar-refractivity contribution in [2.45, 2.75) is 52.5 Å². The zero-order valence-corrected chi connectivity index (χ0v) is 29.0. The van der Waals surface area contributed by atoms with Crippen molar-refractivity contribution in [1.29, 1.82) is 5.26 Å². The lowest BCUT2D eigenvalue weighted by Gasteiger charge is -2.29. The van der Waals surface area contributed by atoms with Crippen LogP contribution in [0.25, 0.3) is 27.5 Å². The summed E-state index contributed by atoms with van der Waals surface area (Å²) in [5.74, 6) is 0.781. The van der Waals surface area contributed by atoms with Crippen LogP contribution in [-0.2, 0) is 24.4 Å². The molecule has 0 saturated carbocycles. The van der Waals surface area contributed by atoms with Gasteiger partial charge >= 0.3 is 0 Å². The number of nitriles is 1. The number of nitrogens with one attached hydrogen (secondary N) is 2. The van der Waals surface area contributed by atoms with Gasteiger partial charge in [0.2, 0.25) is 5.88 Å². The zero-order chi connectivity index (χ0) is 35.1. The quantitative estimate of drug-likeness (QED) is 0.157. The molecule has 13 heteroatoms. The van der Waals surface area contributed by atoms with Crippen LogP contribution in [0.2, 0.25) is 0 Å². The second-order valence-corrected chi connectivity index (χ2v) is 14.0. The number of imidazole rings is 1. The average Bonchev–Trinajstić information content (AvgIpc) is 3.76. The lowest BCUT2D eigenvalue weighted by molar-refractivity contribution is -0.0591. The number of hydrogen-bond acceptors (Lipinski definition) is 9. The maximum Gasteiger partial charge on any atom is 0.255 e. The van der Waals surface area contributed by atoms with Crippen molar-refractivity contribution in [3.63, 3.8) is 0 Å². The molecule has 6 heterocycles. The van der Waals surface area contributed by atoms with Crippen LogP contribution in [0.1, 0.15) is 55.7 Å². The van der Waals surface area contributed by atoms with E-state index in [1.807, 2.05) is 55.5 Å². The second kappa shape index (κ2) is 13.7. The van der Waals surface area contributed by atoms with Crippen LogP contribution in [0.5, 0.6) is 5.88 Å². The average molecular weight is 703 g/mol. The minimum atomic E-state index is -0.390. The molecular formula is C38H35FN8O3S. The van der Waals surface area contributed by atoms with Gasteiger partial charge in [-0.2, -0.15) is 10.4 Å². The summed E-state index contributed by atoms with van der Waals surface area (Å²) in [6, 6.07) is 19.0. The van der Waals surface area contributed by atoms with E-state index in [0.717, 1.165) is 95.1 Å². The first-order valence-corrected chi connectivity index (χ1v) is 17.7. The summed E-state index contributed by atoms with van der Waals surface area (Å²) in [5, 5.41) is 20.4. The number of carbonyl (C=O) groups excluding carboxylic acids is 1. The fourth-order valence-corrected chi connectivity index (χ4v) is 7.45. The number of H-pyrrole nitrogens is 1. The minimum absolute atomic E-state index is 0.0189. The number of nitrogens with zero attached hydrogens (tertiary/aromatic N) is 6. The van der Waals surface area contributed by atoms with E-state index in [0.29, 0.717) is 39.0 Å². The number of pyridine rings is 1. The molecule has 4 aromatic heterocycles. The number of aromatic nitrogens is 5.